The fourth-order valence-corrected chi connectivity index (χ4v) is 1.71. The number of nitrogen functional groups attached to an aromatic ring is 1. The van der Waals surface area contributed by atoms with E-state index in [0.29, 0.717) is 23.5 Å². The van der Waals surface area contributed by atoms with E-state index < -0.39 is 0 Å². The first-order valence-corrected chi connectivity index (χ1v) is 6.19. The number of ether oxygens (including phenoxy) is 1. The molecule has 0 radical (unpaired) electrons. The van der Waals surface area contributed by atoms with Crippen molar-refractivity contribution >= 4 is 17.3 Å². The quantitative estimate of drug-likeness (QED) is 0.572. The van der Waals surface area contributed by atoms with Gasteiger partial charge in [0.15, 0.2) is 0 Å². The molecule has 0 fully saturated rings. The fourth-order valence-electron chi connectivity index (χ4n) is 1.71. The second kappa shape index (κ2) is 6.53. The van der Waals surface area contributed by atoms with Crippen molar-refractivity contribution in [1.29, 1.82) is 0 Å². The standard InChI is InChI=1S/C14H16N4O2/c1-2-20-11-5-3-10(4-6-11)17-14(19)12-7-8-16-9-13(12)18-15/h3-9,18H,2,15H2,1H3,(H,17,19). The summed E-state index contributed by atoms with van der Waals surface area (Å²) in [6.45, 7) is 2.52. The van der Waals surface area contributed by atoms with Gasteiger partial charge >= 0.3 is 0 Å². The summed E-state index contributed by atoms with van der Waals surface area (Å²) in [5.41, 5.74) is 4.02. The zero-order valence-corrected chi connectivity index (χ0v) is 11.1. The molecule has 0 aliphatic rings. The summed E-state index contributed by atoms with van der Waals surface area (Å²) in [5.74, 6) is 5.85. The Morgan fingerprint density at radius 1 is 1.30 bits per heavy atom. The van der Waals surface area contributed by atoms with E-state index in [2.05, 4.69) is 15.7 Å². The average molecular weight is 272 g/mol. The van der Waals surface area contributed by atoms with Crippen LogP contribution in [0.25, 0.3) is 0 Å². The first-order valence-electron chi connectivity index (χ1n) is 6.19. The van der Waals surface area contributed by atoms with Gasteiger partial charge in [0.25, 0.3) is 5.91 Å². The zero-order chi connectivity index (χ0) is 14.4. The van der Waals surface area contributed by atoms with Gasteiger partial charge in [0.05, 0.1) is 24.1 Å². The molecular weight excluding hydrogens is 256 g/mol. The van der Waals surface area contributed by atoms with Crippen molar-refractivity contribution in [1.82, 2.24) is 4.98 Å². The van der Waals surface area contributed by atoms with E-state index in [1.54, 1.807) is 30.3 Å². The number of pyridine rings is 1. The molecule has 0 aliphatic heterocycles. The van der Waals surface area contributed by atoms with Crippen molar-refractivity contribution in [2.75, 3.05) is 17.3 Å². The van der Waals surface area contributed by atoms with Gasteiger partial charge in [-0.05, 0) is 37.3 Å². The van der Waals surface area contributed by atoms with Crippen molar-refractivity contribution in [3.05, 3.63) is 48.3 Å². The Morgan fingerprint density at radius 3 is 2.70 bits per heavy atom. The Morgan fingerprint density at radius 2 is 2.05 bits per heavy atom. The summed E-state index contributed by atoms with van der Waals surface area (Å²) < 4.78 is 5.34. The maximum Gasteiger partial charge on any atom is 0.257 e. The first-order chi connectivity index (χ1) is 9.74. The first kappa shape index (κ1) is 13.8. The second-order valence-corrected chi connectivity index (χ2v) is 3.98. The molecular formula is C14H16N4O2. The fraction of sp³-hybridized carbons (Fsp3) is 0.143. The lowest BCUT2D eigenvalue weighted by molar-refractivity contribution is 0.102. The number of nitrogens with two attached hydrogens (primary N) is 1. The number of hydrogen-bond acceptors (Lipinski definition) is 5. The minimum Gasteiger partial charge on any atom is -0.494 e. The van der Waals surface area contributed by atoms with Gasteiger partial charge in [0.2, 0.25) is 0 Å². The Hall–Kier alpha value is -2.60. The highest BCUT2D eigenvalue weighted by molar-refractivity contribution is 6.07. The monoisotopic (exact) mass is 272 g/mol. The Labute approximate surface area is 116 Å². The Kier molecular flexibility index (Phi) is 4.52. The van der Waals surface area contributed by atoms with Crippen LogP contribution in [0.3, 0.4) is 0 Å². The third-order valence-electron chi connectivity index (χ3n) is 2.64. The van der Waals surface area contributed by atoms with Crippen LogP contribution in [0, 0.1) is 0 Å². The van der Waals surface area contributed by atoms with Crippen molar-refractivity contribution in [2.24, 2.45) is 5.84 Å². The maximum absolute atomic E-state index is 12.1. The van der Waals surface area contributed by atoms with E-state index in [9.17, 15) is 4.79 Å². The van der Waals surface area contributed by atoms with Gasteiger partial charge in [-0.2, -0.15) is 0 Å². The Bertz CT molecular complexity index is 584. The summed E-state index contributed by atoms with van der Waals surface area (Å²) in [6, 6.07) is 8.75. The number of aromatic nitrogens is 1. The van der Waals surface area contributed by atoms with Crippen molar-refractivity contribution in [3.8, 4) is 5.75 Å². The number of rotatable bonds is 5. The molecule has 2 rings (SSSR count). The van der Waals surface area contributed by atoms with E-state index in [1.165, 1.54) is 12.4 Å². The molecule has 0 unspecified atom stereocenters. The summed E-state index contributed by atoms with van der Waals surface area (Å²) in [5, 5.41) is 2.78. The smallest absolute Gasteiger partial charge is 0.257 e. The van der Waals surface area contributed by atoms with E-state index in [-0.39, 0.29) is 5.91 Å². The molecule has 1 amide bonds. The maximum atomic E-state index is 12.1. The van der Waals surface area contributed by atoms with Crippen LogP contribution in [0.2, 0.25) is 0 Å². The molecule has 0 aliphatic carbocycles. The molecule has 2 aromatic rings. The number of hydrogen-bond donors (Lipinski definition) is 3. The molecule has 6 nitrogen and oxygen atoms in total. The van der Waals surface area contributed by atoms with Crippen LogP contribution in [0.1, 0.15) is 17.3 Å². The van der Waals surface area contributed by atoms with E-state index in [4.69, 9.17) is 10.6 Å². The summed E-state index contributed by atoms with van der Waals surface area (Å²) in [7, 11) is 0. The molecule has 0 saturated heterocycles. The van der Waals surface area contributed by atoms with Gasteiger partial charge in [-0.1, -0.05) is 0 Å². The van der Waals surface area contributed by atoms with E-state index in [0.717, 1.165) is 5.75 Å². The van der Waals surface area contributed by atoms with Crippen molar-refractivity contribution in [2.45, 2.75) is 6.92 Å². The predicted octanol–water partition coefficient (Wildman–Crippen LogP) is 2.02. The molecule has 1 aromatic heterocycles. The second-order valence-electron chi connectivity index (χ2n) is 3.98. The van der Waals surface area contributed by atoms with Gasteiger partial charge in [0, 0.05) is 11.9 Å². The molecule has 20 heavy (non-hydrogen) atoms. The van der Waals surface area contributed by atoms with Crippen LogP contribution in [0.4, 0.5) is 11.4 Å². The number of amides is 1. The highest BCUT2D eigenvalue weighted by atomic mass is 16.5. The average Bonchev–Trinajstić information content (AvgIpc) is 2.49. The predicted molar refractivity (Wildman–Crippen MR) is 77.6 cm³/mol. The number of carbonyl (C=O) groups is 1. The number of hydrazine groups is 1. The lowest BCUT2D eigenvalue weighted by Gasteiger charge is -2.09. The molecule has 0 saturated carbocycles. The largest absolute Gasteiger partial charge is 0.494 e. The van der Waals surface area contributed by atoms with Crippen LogP contribution >= 0.6 is 0 Å². The number of nitrogens with zero attached hydrogens (tertiary/aromatic N) is 1. The summed E-state index contributed by atoms with van der Waals surface area (Å²) in [6.07, 6.45) is 3.03. The Balaban J connectivity index is 2.11. The lowest BCUT2D eigenvalue weighted by atomic mass is 10.2. The summed E-state index contributed by atoms with van der Waals surface area (Å²) >= 11 is 0. The number of anilines is 2. The van der Waals surface area contributed by atoms with Crippen molar-refractivity contribution in [3.63, 3.8) is 0 Å². The molecule has 0 atom stereocenters. The van der Waals surface area contributed by atoms with Gasteiger partial charge in [-0.15, -0.1) is 0 Å². The minimum atomic E-state index is -0.260. The van der Waals surface area contributed by atoms with Gasteiger partial charge in [-0.25, -0.2) is 0 Å². The van der Waals surface area contributed by atoms with Crippen LogP contribution in [0.5, 0.6) is 5.75 Å². The number of nitrogens with one attached hydrogen (secondary N) is 2. The molecule has 1 aromatic carbocycles. The van der Waals surface area contributed by atoms with Crippen molar-refractivity contribution < 1.29 is 9.53 Å². The molecule has 0 bridgehead atoms. The van der Waals surface area contributed by atoms with E-state index in [1.807, 2.05) is 6.92 Å². The number of benzene rings is 1. The van der Waals surface area contributed by atoms with Crippen LogP contribution in [0.15, 0.2) is 42.7 Å². The zero-order valence-electron chi connectivity index (χ0n) is 11.1. The minimum absolute atomic E-state index is 0.260. The van der Waals surface area contributed by atoms with E-state index >= 15 is 0 Å². The SMILES string of the molecule is CCOc1ccc(NC(=O)c2ccncc2NN)cc1. The van der Waals surface area contributed by atoms with Crippen LogP contribution < -0.4 is 21.3 Å². The van der Waals surface area contributed by atoms with Gasteiger partial charge < -0.3 is 15.5 Å². The topological polar surface area (TPSA) is 89.3 Å². The van der Waals surface area contributed by atoms with Crippen LogP contribution in [-0.2, 0) is 0 Å². The molecule has 104 valence electrons. The normalized spacial score (nSPS) is 9.90. The van der Waals surface area contributed by atoms with Gasteiger partial charge in [0.1, 0.15) is 5.75 Å². The highest BCUT2D eigenvalue weighted by Crippen LogP contribution is 2.18. The lowest BCUT2D eigenvalue weighted by Crippen LogP contribution is -2.17. The summed E-state index contributed by atoms with van der Waals surface area (Å²) in [4.78, 5) is 16.0. The molecule has 1 heterocycles. The van der Waals surface area contributed by atoms with Crippen LogP contribution in [-0.4, -0.2) is 17.5 Å². The van der Waals surface area contributed by atoms with Gasteiger partial charge in [-0.3, -0.25) is 15.6 Å². The third kappa shape index (κ3) is 3.24. The molecule has 6 heteroatoms. The highest BCUT2D eigenvalue weighted by Gasteiger charge is 2.10. The molecule has 0 spiro atoms. The third-order valence-corrected chi connectivity index (χ3v) is 2.64. The molecule has 4 N–H and O–H groups in total. The number of carbonyl (C=O) groups excluding carboxylic acids is 1.